The van der Waals surface area contributed by atoms with Gasteiger partial charge in [0, 0.05) is 11.8 Å². The first kappa shape index (κ1) is 19.1. The second kappa shape index (κ2) is 8.24. The van der Waals surface area contributed by atoms with Crippen LogP contribution in [0, 0.1) is 0 Å². The molecular weight excluding hydrogens is 364 g/mol. The average Bonchev–Trinajstić information content (AvgIpc) is 3.10. The largest absolute Gasteiger partial charge is 0.481 e. The summed E-state index contributed by atoms with van der Waals surface area (Å²) in [6.45, 7) is 0. The van der Waals surface area contributed by atoms with Crippen LogP contribution in [0.2, 0.25) is 0 Å². The van der Waals surface area contributed by atoms with E-state index in [0.29, 0.717) is 0 Å². The topological polar surface area (TPSA) is 113 Å². The Kier molecular flexibility index (Phi) is 6.29. The van der Waals surface area contributed by atoms with Crippen molar-refractivity contribution >= 4 is 33.2 Å². The third-order valence-corrected chi connectivity index (χ3v) is 6.00. The average molecular weight is 382 g/mol. The molecule has 1 amide bonds. The zero-order valence-corrected chi connectivity index (χ0v) is 15.1. The number of thiophene rings is 1. The van der Waals surface area contributed by atoms with Crippen molar-refractivity contribution in [2.24, 2.45) is 0 Å². The Morgan fingerprint density at radius 2 is 1.92 bits per heavy atom. The Labute approximate surface area is 149 Å². The van der Waals surface area contributed by atoms with Gasteiger partial charge in [-0.2, -0.15) is 0 Å². The van der Waals surface area contributed by atoms with Crippen molar-refractivity contribution in [2.75, 3.05) is 7.05 Å². The van der Waals surface area contributed by atoms with E-state index in [4.69, 9.17) is 5.11 Å². The Hall–Kier alpha value is -2.23. The van der Waals surface area contributed by atoms with Crippen LogP contribution >= 0.6 is 11.3 Å². The number of hydrogen-bond acceptors (Lipinski definition) is 5. The fourth-order valence-electron chi connectivity index (χ4n) is 2.20. The van der Waals surface area contributed by atoms with Gasteiger partial charge in [0.15, 0.2) is 0 Å². The fraction of sp³-hybridized carbons (Fsp3) is 0.250. The van der Waals surface area contributed by atoms with Gasteiger partial charge >= 0.3 is 5.97 Å². The first-order valence-corrected chi connectivity index (χ1v) is 9.79. The van der Waals surface area contributed by atoms with Crippen molar-refractivity contribution in [3.05, 3.63) is 52.2 Å². The van der Waals surface area contributed by atoms with Crippen LogP contribution in [-0.4, -0.2) is 32.4 Å². The molecule has 0 aliphatic heterocycles. The number of carbonyl (C=O) groups is 2. The van der Waals surface area contributed by atoms with Crippen LogP contribution in [0.3, 0.4) is 0 Å². The lowest BCUT2D eigenvalue weighted by atomic mass is 10.0. The minimum Gasteiger partial charge on any atom is -0.481 e. The summed E-state index contributed by atoms with van der Waals surface area (Å²) in [5.41, 5.74) is 0.789. The molecule has 1 unspecified atom stereocenters. The molecule has 0 aliphatic rings. The first-order valence-electron chi connectivity index (χ1n) is 7.43. The number of amides is 1. The molecule has 0 spiro atoms. The van der Waals surface area contributed by atoms with E-state index in [9.17, 15) is 18.0 Å². The summed E-state index contributed by atoms with van der Waals surface area (Å²) < 4.78 is 25.7. The van der Waals surface area contributed by atoms with E-state index < -0.39 is 27.9 Å². The smallest absolute Gasteiger partial charge is 0.303 e. The number of hydrogen-bond donors (Lipinski definition) is 3. The van der Waals surface area contributed by atoms with Gasteiger partial charge in [0.1, 0.15) is 0 Å². The summed E-state index contributed by atoms with van der Waals surface area (Å²) in [5, 5.41) is 13.1. The van der Waals surface area contributed by atoms with Crippen LogP contribution in [0.4, 0.5) is 0 Å². The summed E-state index contributed by atoms with van der Waals surface area (Å²) in [6.07, 6.45) is 0.141. The van der Waals surface area contributed by atoms with Gasteiger partial charge < -0.3 is 10.4 Å². The third-order valence-electron chi connectivity index (χ3n) is 3.53. The molecule has 0 saturated heterocycles. The van der Waals surface area contributed by atoms with Gasteiger partial charge in [-0.3, -0.25) is 9.59 Å². The number of carbonyl (C=O) groups excluding carboxylic acids is 1. The highest BCUT2D eigenvalue weighted by Gasteiger charge is 2.20. The van der Waals surface area contributed by atoms with Crippen LogP contribution in [0.25, 0.3) is 0 Å². The van der Waals surface area contributed by atoms with E-state index in [1.807, 2.05) is 6.07 Å². The van der Waals surface area contributed by atoms with E-state index in [-0.39, 0.29) is 22.6 Å². The lowest BCUT2D eigenvalue weighted by molar-refractivity contribution is -0.137. The Bertz CT molecular complexity index is 846. The molecule has 134 valence electrons. The van der Waals surface area contributed by atoms with Crippen molar-refractivity contribution in [1.82, 2.24) is 10.0 Å². The zero-order valence-electron chi connectivity index (χ0n) is 13.4. The molecule has 0 saturated carbocycles. The highest BCUT2D eigenvalue weighted by molar-refractivity contribution is 7.89. The number of nitrogens with one attached hydrogen (secondary N) is 2. The quantitative estimate of drug-likeness (QED) is 0.646. The van der Waals surface area contributed by atoms with Gasteiger partial charge in [-0.25, -0.2) is 13.1 Å². The molecule has 0 aliphatic carbocycles. The number of carboxylic acid groups (broad SMARTS) is 1. The molecule has 1 aromatic carbocycles. The highest BCUT2D eigenvalue weighted by Crippen LogP contribution is 2.22. The summed E-state index contributed by atoms with van der Waals surface area (Å²) in [4.78, 5) is 23.6. The van der Waals surface area contributed by atoms with Crippen LogP contribution < -0.4 is 10.0 Å². The second-order valence-electron chi connectivity index (χ2n) is 5.22. The summed E-state index contributed by atoms with van der Waals surface area (Å²) in [5.74, 6) is -1.39. The van der Waals surface area contributed by atoms with E-state index in [1.54, 1.807) is 24.3 Å². The minimum atomic E-state index is -3.61. The van der Waals surface area contributed by atoms with Crippen LogP contribution in [0.5, 0.6) is 0 Å². The van der Waals surface area contributed by atoms with Gasteiger partial charge in [-0.15, -0.1) is 11.3 Å². The van der Waals surface area contributed by atoms with Gasteiger partial charge in [0.05, 0.1) is 15.8 Å². The summed E-state index contributed by atoms with van der Waals surface area (Å²) in [6, 6.07) is 9.86. The highest BCUT2D eigenvalue weighted by atomic mass is 32.2. The molecule has 0 bridgehead atoms. The maximum Gasteiger partial charge on any atom is 0.303 e. The third kappa shape index (κ3) is 5.12. The molecule has 25 heavy (non-hydrogen) atoms. The maximum absolute atomic E-state index is 12.4. The Balaban J connectivity index is 2.18. The molecule has 1 aromatic heterocycles. The number of aliphatic carboxylic acids is 1. The predicted octanol–water partition coefficient (Wildman–Crippen LogP) is 1.99. The minimum absolute atomic E-state index is 0.0203. The molecule has 1 heterocycles. The standard InChI is InChI=1S/C16H18N2O5S2/c1-17-25(22,23)12-9-14(24-10-12)16(21)18-13(7-8-15(19)20)11-5-3-2-4-6-11/h2-6,9-10,13,17H,7-8H2,1H3,(H,18,21)(H,19,20). The Morgan fingerprint density at radius 1 is 1.24 bits per heavy atom. The molecule has 2 rings (SSSR count). The number of sulfonamides is 1. The lowest BCUT2D eigenvalue weighted by Crippen LogP contribution is -2.28. The van der Waals surface area contributed by atoms with E-state index >= 15 is 0 Å². The van der Waals surface area contributed by atoms with Crippen LogP contribution in [0.1, 0.15) is 34.1 Å². The first-order chi connectivity index (χ1) is 11.8. The molecule has 1 atom stereocenters. The zero-order chi connectivity index (χ0) is 18.4. The van der Waals surface area contributed by atoms with E-state index in [2.05, 4.69) is 10.0 Å². The fourth-order valence-corrected chi connectivity index (χ4v) is 4.11. The molecule has 2 aromatic rings. The summed E-state index contributed by atoms with van der Waals surface area (Å²) >= 11 is 1.01. The summed E-state index contributed by atoms with van der Waals surface area (Å²) in [7, 11) is -2.31. The van der Waals surface area contributed by atoms with Crippen molar-refractivity contribution in [3.63, 3.8) is 0 Å². The van der Waals surface area contributed by atoms with Gasteiger partial charge in [-0.05, 0) is 25.1 Å². The molecular formula is C16H18N2O5S2. The van der Waals surface area contributed by atoms with Crippen molar-refractivity contribution < 1.29 is 23.1 Å². The monoisotopic (exact) mass is 382 g/mol. The predicted molar refractivity (Wildman–Crippen MR) is 94.1 cm³/mol. The molecule has 3 N–H and O–H groups in total. The molecule has 0 fully saturated rings. The number of rotatable bonds is 8. The lowest BCUT2D eigenvalue weighted by Gasteiger charge is -2.18. The van der Waals surface area contributed by atoms with Crippen molar-refractivity contribution in [3.8, 4) is 0 Å². The molecule has 7 nitrogen and oxygen atoms in total. The van der Waals surface area contributed by atoms with E-state index in [1.165, 1.54) is 18.5 Å². The Morgan fingerprint density at radius 3 is 2.52 bits per heavy atom. The number of carboxylic acids is 1. The normalized spacial score (nSPS) is 12.5. The van der Waals surface area contributed by atoms with Crippen molar-refractivity contribution in [1.29, 1.82) is 0 Å². The van der Waals surface area contributed by atoms with Crippen molar-refractivity contribution in [2.45, 2.75) is 23.8 Å². The SMILES string of the molecule is CNS(=O)(=O)c1csc(C(=O)NC(CCC(=O)O)c2ccccc2)c1. The number of benzene rings is 1. The van der Waals surface area contributed by atoms with Crippen LogP contribution in [-0.2, 0) is 14.8 Å². The van der Waals surface area contributed by atoms with Gasteiger partial charge in [0.2, 0.25) is 10.0 Å². The molecule has 9 heteroatoms. The maximum atomic E-state index is 12.4. The van der Waals surface area contributed by atoms with Crippen LogP contribution in [0.15, 0.2) is 46.7 Å². The second-order valence-corrected chi connectivity index (χ2v) is 8.02. The van der Waals surface area contributed by atoms with Gasteiger partial charge in [-0.1, -0.05) is 30.3 Å². The molecule has 0 radical (unpaired) electrons. The van der Waals surface area contributed by atoms with E-state index in [0.717, 1.165) is 16.9 Å². The van der Waals surface area contributed by atoms with Gasteiger partial charge in [0.25, 0.3) is 5.91 Å².